The van der Waals surface area contributed by atoms with Gasteiger partial charge in [-0.15, -0.1) is 0 Å². The van der Waals surface area contributed by atoms with Gasteiger partial charge < -0.3 is 0 Å². The fourth-order valence-electron chi connectivity index (χ4n) is 4.29. The van der Waals surface area contributed by atoms with Crippen molar-refractivity contribution in [1.82, 2.24) is 0 Å². The summed E-state index contributed by atoms with van der Waals surface area (Å²) in [7, 11) is 0. The molecule has 4 rings (SSSR count). The molecule has 0 fully saturated rings. The van der Waals surface area contributed by atoms with Crippen LogP contribution in [0.2, 0.25) is 0 Å². The fraction of sp³-hybridized carbons (Fsp3) is 0.148. The van der Waals surface area contributed by atoms with E-state index in [0.29, 0.717) is 0 Å². The van der Waals surface area contributed by atoms with E-state index in [0.717, 1.165) is 0 Å². The lowest BCUT2D eigenvalue weighted by atomic mass is 10.0. The van der Waals surface area contributed by atoms with Crippen molar-refractivity contribution >= 4 is 23.1 Å². The van der Waals surface area contributed by atoms with Crippen LogP contribution in [0.1, 0.15) is 30.5 Å². The van der Waals surface area contributed by atoms with Crippen LogP contribution in [0.3, 0.4) is 0 Å². The first kappa shape index (κ1) is 18.8. The van der Waals surface area contributed by atoms with E-state index >= 15 is 0 Å². The highest BCUT2D eigenvalue weighted by atomic mass is 31.2. The first-order chi connectivity index (χ1) is 13.8. The van der Waals surface area contributed by atoms with Crippen LogP contribution >= 0.6 is 6.89 Å². The van der Waals surface area contributed by atoms with Crippen molar-refractivity contribution in [3.05, 3.63) is 120 Å². The molecule has 0 spiro atoms. The largest absolute Gasteiger partial charge is 0.0692 e. The fourth-order valence-corrected chi connectivity index (χ4v) is 8.42. The van der Waals surface area contributed by atoms with Gasteiger partial charge >= 0.3 is 0 Å². The maximum absolute atomic E-state index is 2.47. The third-order valence-corrected chi connectivity index (χ3v) is 10.6. The van der Waals surface area contributed by atoms with Crippen LogP contribution < -0.4 is 0 Å². The zero-order chi connectivity index (χ0) is 19.4. The molecule has 0 aromatic heterocycles. The standard InChI is InChI=1S/C27H27P/c1-3-28(4-2)26(23-16-10-6-11-17-23)20-25(22-14-8-5-9-15-22)21-27(28)24-18-12-7-13-19-24/h5-21H,3-4H2,1-2H3. The Balaban J connectivity index is 2.06. The molecule has 0 unspecified atom stereocenters. The number of hydrogen-bond donors (Lipinski definition) is 0. The summed E-state index contributed by atoms with van der Waals surface area (Å²) in [4.78, 5) is 0. The first-order valence-corrected chi connectivity index (χ1v) is 12.3. The van der Waals surface area contributed by atoms with E-state index in [1.54, 1.807) is 10.6 Å². The number of rotatable bonds is 5. The molecule has 0 radical (unpaired) electrons. The molecule has 1 aliphatic rings. The third kappa shape index (κ3) is 3.34. The topological polar surface area (TPSA) is 0 Å². The Labute approximate surface area is 169 Å². The smallest absolute Gasteiger partial charge is 0.0160 e. The van der Waals surface area contributed by atoms with Crippen molar-refractivity contribution in [1.29, 1.82) is 0 Å². The molecule has 0 saturated carbocycles. The van der Waals surface area contributed by atoms with Gasteiger partial charge in [-0.3, -0.25) is 0 Å². The average Bonchev–Trinajstić information content (AvgIpc) is 2.80. The van der Waals surface area contributed by atoms with E-state index in [2.05, 4.69) is 117 Å². The minimum absolute atomic E-state index is 1.19. The molecule has 1 heteroatoms. The highest BCUT2D eigenvalue weighted by Crippen LogP contribution is 2.64. The summed E-state index contributed by atoms with van der Waals surface area (Å²) in [5, 5.41) is 3.08. The van der Waals surface area contributed by atoms with Crippen LogP contribution in [-0.4, -0.2) is 17.6 Å². The molecular weight excluding hydrogens is 355 g/mol. The van der Waals surface area contributed by atoms with Crippen LogP contribution in [0, 0.1) is 0 Å². The molecule has 1 aliphatic heterocycles. The number of allylic oxidation sites excluding steroid dienone is 3. The summed E-state index contributed by atoms with van der Waals surface area (Å²) in [5.74, 6) is 0. The molecule has 0 N–H and O–H groups in total. The first-order valence-electron chi connectivity index (χ1n) is 10.1. The Morgan fingerprint density at radius 1 is 0.536 bits per heavy atom. The summed E-state index contributed by atoms with van der Waals surface area (Å²) < 4.78 is 0. The lowest BCUT2D eigenvalue weighted by Crippen LogP contribution is -2.11. The minimum atomic E-state index is -1.47. The molecule has 28 heavy (non-hydrogen) atoms. The van der Waals surface area contributed by atoms with Gasteiger partial charge in [0.1, 0.15) is 0 Å². The van der Waals surface area contributed by atoms with Crippen LogP contribution in [0.25, 0.3) is 10.9 Å². The van der Waals surface area contributed by atoms with Gasteiger partial charge in [0, 0.05) is 0 Å². The lowest BCUT2D eigenvalue weighted by molar-refractivity contribution is 1.41. The predicted molar refractivity (Wildman–Crippen MR) is 127 cm³/mol. The van der Waals surface area contributed by atoms with Gasteiger partial charge in [-0.25, -0.2) is 0 Å². The van der Waals surface area contributed by atoms with E-state index in [4.69, 9.17) is 0 Å². The van der Waals surface area contributed by atoms with E-state index in [1.165, 1.54) is 34.6 Å². The molecule has 0 aliphatic carbocycles. The normalized spacial score (nSPS) is 15.7. The minimum Gasteiger partial charge on any atom is -0.0692 e. The zero-order valence-electron chi connectivity index (χ0n) is 16.7. The molecule has 0 atom stereocenters. The Bertz CT molecular complexity index is 1040. The summed E-state index contributed by atoms with van der Waals surface area (Å²) in [6.45, 7) is 3.27. The second kappa shape index (κ2) is 8.21. The summed E-state index contributed by atoms with van der Waals surface area (Å²) in [6.07, 6.45) is 7.32. The Morgan fingerprint density at radius 2 is 1.00 bits per heavy atom. The summed E-state index contributed by atoms with van der Waals surface area (Å²) in [6, 6.07) is 32.8. The predicted octanol–water partition coefficient (Wildman–Crippen LogP) is 7.40. The van der Waals surface area contributed by atoms with Crippen LogP contribution in [-0.2, 0) is 0 Å². The van der Waals surface area contributed by atoms with Crippen molar-refractivity contribution in [3.63, 3.8) is 0 Å². The van der Waals surface area contributed by atoms with E-state index in [1.807, 2.05) is 0 Å². The molecule has 1 heterocycles. The summed E-state index contributed by atoms with van der Waals surface area (Å²) >= 11 is 0. The van der Waals surface area contributed by atoms with Gasteiger partial charge in [-0.1, -0.05) is 112 Å². The van der Waals surface area contributed by atoms with Gasteiger partial charge in [0.15, 0.2) is 0 Å². The molecular formula is C27H27P. The average molecular weight is 382 g/mol. The number of hydrogen-bond acceptors (Lipinski definition) is 0. The lowest BCUT2D eigenvalue weighted by Gasteiger charge is -2.34. The van der Waals surface area contributed by atoms with E-state index in [9.17, 15) is 0 Å². The molecule has 3 aromatic rings. The van der Waals surface area contributed by atoms with Crippen LogP contribution in [0.5, 0.6) is 0 Å². The highest BCUT2D eigenvalue weighted by Gasteiger charge is 2.28. The van der Waals surface area contributed by atoms with Crippen molar-refractivity contribution in [3.8, 4) is 0 Å². The van der Waals surface area contributed by atoms with Crippen molar-refractivity contribution in [2.45, 2.75) is 13.8 Å². The van der Waals surface area contributed by atoms with Gasteiger partial charge in [-0.2, -0.15) is 0 Å². The second-order valence-electron chi connectivity index (χ2n) is 7.21. The van der Waals surface area contributed by atoms with E-state index in [-0.39, 0.29) is 0 Å². The SMILES string of the molecule is CCP1(CC)=C(c2ccccc2)C=C(c2ccccc2)C=C1c1ccccc1. The monoisotopic (exact) mass is 382 g/mol. The van der Waals surface area contributed by atoms with Gasteiger partial charge in [0.2, 0.25) is 0 Å². The van der Waals surface area contributed by atoms with Crippen LogP contribution in [0.4, 0.5) is 0 Å². The molecule has 140 valence electrons. The molecule has 0 amide bonds. The Kier molecular flexibility index (Phi) is 5.51. The van der Waals surface area contributed by atoms with Crippen molar-refractivity contribution < 1.29 is 0 Å². The zero-order valence-corrected chi connectivity index (χ0v) is 17.6. The summed E-state index contributed by atoms with van der Waals surface area (Å²) in [5.41, 5.74) is 5.34. The molecule has 0 nitrogen and oxygen atoms in total. The molecule has 3 aromatic carbocycles. The number of benzene rings is 3. The van der Waals surface area contributed by atoms with Crippen molar-refractivity contribution in [2.75, 3.05) is 12.3 Å². The third-order valence-electron chi connectivity index (χ3n) is 5.83. The van der Waals surface area contributed by atoms with E-state index < -0.39 is 6.89 Å². The molecule has 0 saturated heterocycles. The Hall–Kier alpha value is -2.56. The van der Waals surface area contributed by atoms with Gasteiger partial charge in [-0.05, 0) is 57.3 Å². The van der Waals surface area contributed by atoms with Gasteiger partial charge in [0.25, 0.3) is 0 Å². The molecule has 0 bridgehead atoms. The van der Waals surface area contributed by atoms with Crippen LogP contribution in [0.15, 0.2) is 103 Å². The van der Waals surface area contributed by atoms with Crippen molar-refractivity contribution in [2.24, 2.45) is 0 Å². The second-order valence-corrected chi connectivity index (χ2v) is 11.4. The Morgan fingerprint density at radius 3 is 1.50 bits per heavy atom. The maximum Gasteiger partial charge on any atom is -0.0160 e. The quantitative estimate of drug-likeness (QED) is 0.403. The maximum atomic E-state index is 2.47. The highest BCUT2D eigenvalue weighted by molar-refractivity contribution is 7.86. The van der Waals surface area contributed by atoms with Gasteiger partial charge in [0.05, 0.1) is 0 Å².